The summed E-state index contributed by atoms with van der Waals surface area (Å²) < 4.78 is 60.6. The average Bonchev–Trinajstić information content (AvgIpc) is 1.98. The van der Waals surface area contributed by atoms with Gasteiger partial charge in [-0.25, -0.2) is 8.42 Å². The molecular formula is C9H18F3NO2S. The van der Waals surface area contributed by atoms with Gasteiger partial charge in [0.25, 0.3) is 0 Å². The smallest absolute Gasteiger partial charge is 0.212 e. The Morgan fingerprint density at radius 2 is 1.56 bits per heavy atom. The first-order chi connectivity index (χ1) is 6.97. The molecule has 0 unspecified atom stereocenters. The van der Waals surface area contributed by atoms with Crippen LogP contribution in [0.2, 0.25) is 0 Å². The minimum Gasteiger partial charge on any atom is -0.212 e. The highest BCUT2D eigenvalue weighted by atomic mass is 32.2. The van der Waals surface area contributed by atoms with Gasteiger partial charge >= 0.3 is 6.18 Å². The maximum atomic E-state index is 12.2. The molecule has 0 rings (SSSR count). The van der Waals surface area contributed by atoms with Gasteiger partial charge in [-0.15, -0.1) is 0 Å². The Kier molecular flexibility index (Phi) is 5.25. The molecule has 16 heavy (non-hydrogen) atoms. The Balaban J connectivity index is 4.96. The number of halogens is 3. The maximum absolute atomic E-state index is 12.2. The molecule has 0 aliphatic heterocycles. The number of hydrogen-bond donors (Lipinski definition) is 0. The Morgan fingerprint density at radius 1 is 1.12 bits per heavy atom. The molecule has 7 heteroatoms. The van der Waals surface area contributed by atoms with Crippen molar-refractivity contribution in [3.05, 3.63) is 0 Å². The molecule has 0 aromatic heterocycles. The third-order valence-corrected chi connectivity index (χ3v) is 4.07. The zero-order chi connectivity index (χ0) is 13.1. The summed E-state index contributed by atoms with van der Waals surface area (Å²) in [6.07, 6.45) is -4.50. The second-order valence-electron chi connectivity index (χ2n) is 4.40. The molecule has 0 saturated carbocycles. The van der Waals surface area contributed by atoms with Crippen LogP contribution in [0.15, 0.2) is 0 Å². The Hall–Kier alpha value is -0.300. The van der Waals surface area contributed by atoms with Gasteiger partial charge < -0.3 is 0 Å². The zero-order valence-electron chi connectivity index (χ0n) is 9.87. The van der Waals surface area contributed by atoms with Crippen molar-refractivity contribution in [2.75, 3.05) is 13.1 Å². The first kappa shape index (κ1) is 15.7. The summed E-state index contributed by atoms with van der Waals surface area (Å²) in [6, 6.07) is 0. The monoisotopic (exact) mass is 261 g/mol. The number of nitrogens with zero attached hydrogens (tertiary/aromatic N) is 1. The third-order valence-electron chi connectivity index (χ3n) is 1.88. The van der Waals surface area contributed by atoms with E-state index in [9.17, 15) is 21.6 Å². The van der Waals surface area contributed by atoms with Crippen molar-refractivity contribution < 1.29 is 21.6 Å². The van der Waals surface area contributed by atoms with E-state index in [0.29, 0.717) is 4.31 Å². The van der Waals surface area contributed by atoms with Gasteiger partial charge in [-0.1, -0.05) is 13.8 Å². The summed E-state index contributed by atoms with van der Waals surface area (Å²) in [5, 5.41) is -0.839. The van der Waals surface area contributed by atoms with E-state index >= 15 is 0 Å². The second-order valence-corrected chi connectivity index (χ2v) is 6.88. The van der Waals surface area contributed by atoms with E-state index in [0.717, 1.165) is 0 Å². The fraction of sp³-hybridized carbons (Fsp3) is 1.00. The van der Waals surface area contributed by atoms with E-state index in [4.69, 9.17) is 0 Å². The van der Waals surface area contributed by atoms with E-state index in [1.54, 1.807) is 13.8 Å². The Labute approximate surface area is 94.7 Å². The summed E-state index contributed by atoms with van der Waals surface area (Å²) in [5.74, 6) is -0.143. The Bertz CT molecular complexity index is 309. The van der Waals surface area contributed by atoms with Gasteiger partial charge in [-0.3, -0.25) is 0 Å². The van der Waals surface area contributed by atoms with Crippen LogP contribution in [-0.2, 0) is 10.0 Å². The molecule has 0 aromatic rings. The summed E-state index contributed by atoms with van der Waals surface area (Å²) >= 11 is 0. The number of alkyl halides is 3. The van der Waals surface area contributed by atoms with Gasteiger partial charge in [0.15, 0.2) is 0 Å². The maximum Gasteiger partial charge on any atom is 0.402 e. The average molecular weight is 261 g/mol. The first-order valence-electron chi connectivity index (χ1n) is 5.02. The van der Waals surface area contributed by atoms with E-state index in [1.807, 2.05) is 0 Å². The normalized spacial score (nSPS) is 14.1. The lowest BCUT2D eigenvalue weighted by Gasteiger charge is -2.26. The fourth-order valence-corrected chi connectivity index (χ4v) is 2.59. The second kappa shape index (κ2) is 5.35. The molecule has 0 spiro atoms. The van der Waals surface area contributed by atoms with Crippen LogP contribution in [0.1, 0.15) is 27.7 Å². The Morgan fingerprint density at radius 3 is 1.81 bits per heavy atom. The molecule has 0 heterocycles. The number of hydrogen-bond acceptors (Lipinski definition) is 2. The molecule has 0 fully saturated rings. The largest absolute Gasteiger partial charge is 0.402 e. The lowest BCUT2D eigenvalue weighted by atomic mass is 10.2. The van der Waals surface area contributed by atoms with Crippen molar-refractivity contribution in [3.8, 4) is 0 Å². The minimum absolute atomic E-state index is 0.111. The van der Waals surface area contributed by atoms with Crippen LogP contribution in [0, 0.1) is 5.92 Å². The first-order valence-corrected chi connectivity index (χ1v) is 6.53. The predicted molar refractivity (Wildman–Crippen MR) is 56.5 cm³/mol. The van der Waals surface area contributed by atoms with Gasteiger partial charge in [0.1, 0.15) is 6.54 Å². The molecule has 0 atom stereocenters. The van der Waals surface area contributed by atoms with Crippen molar-refractivity contribution in [2.45, 2.75) is 39.1 Å². The fourth-order valence-electron chi connectivity index (χ4n) is 1.16. The van der Waals surface area contributed by atoms with Crippen molar-refractivity contribution in [3.63, 3.8) is 0 Å². The highest BCUT2D eigenvalue weighted by molar-refractivity contribution is 7.89. The molecule has 0 N–H and O–H groups in total. The molecule has 0 aromatic carbocycles. The molecule has 0 aliphatic rings. The lowest BCUT2D eigenvalue weighted by molar-refractivity contribution is -0.136. The van der Waals surface area contributed by atoms with E-state index in [1.165, 1.54) is 13.8 Å². The van der Waals surface area contributed by atoms with Gasteiger partial charge in [0, 0.05) is 6.54 Å². The molecule has 0 aliphatic carbocycles. The standard InChI is InChI=1S/C9H18F3NO2S/c1-7(2)5-13(6-9(10,11)12)16(14,15)8(3)4/h7-8H,5-6H2,1-4H3. The van der Waals surface area contributed by atoms with Gasteiger partial charge in [-0.2, -0.15) is 17.5 Å². The summed E-state index contributed by atoms with van der Waals surface area (Å²) in [7, 11) is -3.85. The van der Waals surface area contributed by atoms with Crippen molar-refractivity contribution in [1.29, 1.82) is 0 Å². The molecule has 0 saturated heterocycles. The summed E-state index contributed by atoms with van der Waals surface area (Å²) in [6.45, 7) is 4.59. The van der Waals surface area contributed by atoms with Crippen LogP contribution >= 0.6 is 0 Å². The minimum atomic E-state index is -4.50. The molecule has 98 valence electrons. The van der Waals surface area contributed by atoms with E-state index in [-0.39, 0.29) is 12.5 Å². The lowest BCUT2D eigenvalue weighted by Crippen LogP contribution is -2.44. The van der Waals surface area contributed by atoms with Crippen LogP contribution in [0.25, 0.3) is 0 Å². The quantitative estimate of drug-likeness (QED) is 0.761. The van der Waals surface area contributed by atoms with Crippen LogP contribution in [-0.4, -0.2) is 37.2 Å². The van der Waals surface area contributed by atoms with Gasteiger partial charge in [0.05, 0.1) is 5.25 Å². The molecule has 0 radical (unpaired) electrons. The topological polar surface area (TPSA) is 37.4 Å². The van der Waals surface area contributed by atoms with E-state index < -0.39 is 28.0 Å². The SMILES string of the molecule is CC(C)CN(CC(F)(F)F)S(=O)(=O)C(C)C. The van der Waals surface area contributed by atoms with Crippen LogP contribution in [0.5, 0.6) is 0 Å². The number of rotatable bonds is 5. The van der Waals surface area contributed by atoms with E-state index in [2.05, 4.69) is 0 Å². The van der Waals surface area contributed by atoms with Crippen LogP contribution < -0.4 is 0 Å². The third kappa shape index (κ3) is 5.16. The molecular weight excluding hydrogens is 243 g/mol. The highest BCUT2D eigenvalue weighted by Crippen LogP contribution is 2.21. The van der Waals surface area contributed by atoms with Crippen LogP contribution in [0.4, 0.5) is 13.2 Å². The zero-order valence-corrected chi connectivity index (χ0v) is 10.7. The van der Waals surface area contributed by atoms with Crippen molar-refractivity contribution >= 4 is 10.0 Å². The van der Waals surface area contributed by atoms with Crippen molar-refractivity contribution in [2.24, 2.45) is 5.92 Å². The summed E-state index contributed by atoms with van der Waals surface area (Å²) in [4.78, 5) is 0. The molecule has 0 amide bonds. The highest BCUT2D eigenvalue weighted by Gasteiger charge is 2.37. The van der Waals surface area contributed by atoms with Crippen LogP contribution in [0.3, 0.4) is 0 Å². The molecule has 0 bridgehead atoms. The van der Waals surface area contributed by atoms with Gasteiger partial charge in [-0.05, 0) is 19.8 Å². The number of sulfonamides is 1. The summed E-state index contributed by atoms with van der Waals surface area (Å²) in [5.41, 5.74) is 0. The van der Waals surface area contributed by atoms with Gasteiger partial charge in [0.2, 0.25) is 10.0 Å². The molecule has 3 nitrogen and oxygen atoms in total. The van der Waals surface area contributed by atoms with Crippen molar-refractivity contribution in [1.82, 2.24) is 4.31 Å². The predicted octanol–water partition coefficient (Wildman–Crippen LogP) is 2.24.